The molecule has 0 aromatic heterocycles. The maximum atomic E-state index is 12.3. The molecule has 3 heteroatoms. The molecule has 0 aliphatic rings. The Morgan fingerprint density at radius 2 is 1.89 bits per heavy atom. The minimum absolute atomic E-state index is 0.0694. The van der Waals surface area contributed by atoms with Crippen molar-refractivity contribution in [2.75, 3.05) is 6.54 Å². The molecule has 0 heterocycles. The molecule has 3 nitrogen and oxygen atoms in total. The van der Waals surface area contributed by atoms with Crippen molar-refractivity contribution in [2.45, 2.75) is 47.1 Å². The number of nitrogens with two attached hydrogens (primary N) is 1. The third-order valence-corrected chi connectivity index (χ3v) is 4.16. The summed E-state index contributed by atoms with van der Waals surface area (Å²) in [5, 5.41) is 3.03. The Morgan fingerprint density at radius 1 is 1.26 bits per heavy atom. The van der Waals surface area contributed by atoms with Crippen LogP contribution in [0.25, 0.3) is 0 Å². The van der Waals surface area contributed by atoms with Crippen LogP contribution in [0.1, 0.15) is 43.4 Å². The number of amides is 1. The number of carbonyl (C=O) groups is 1. The van der Waals surface area contributed by atoms with Gasteiger partial charge < -0.3 is 11.1 Å². The normalized spacial score (nSPS) is 11.4. The van der Waals surface area contributed by atoms with Gasteiger partial charge in [-0.05, 0) is 37.8 Å². The highest BCUT2D eigenvalue weighted by Gasteiger charge is 2.32. The molecule has 3 N–H and O–H groups in total. The highest BCUT2D eigenvalue weighted by molar-refractivity contribution is 5.82. The van der Waals surface area contributed by atoms with Crippen LogP contribution < -0.4 is 11.1 Å². The monoisotopic (exact) mass is 262 g/mol. The van der Waals surface area contributed by atoms with Crippen LogP contribution in [0.15, 0.2) is 18.2 Å². The van der Waals surface area contributed by atoms with Gasteiger partial charge in [-0.15, -0.1) is 0 Å². The molecule has 1 aromatic rings. The van der Waals surface area contributed by atoms with Crippen molar-refractivity contribution in [2.24, 2.45) is 11.1 Å². The third kappa shape index (κ3) is 3.57. The molecule has 1 aromatic carbocycles. The number of hydrogen-bond donors (Lipinski definition) is 2. The summed E-state index contributed by atoms with van der Waals surface area (Å²) in [4.78, 5) is 12.3. The van der Waals surface area contributed by atoms with Crippen LogP contribution in [0.3, 0.4) is 0 Å². The van der Waals surface area contributed by atoms with Crippen molar-refractivity contribution in [1.29, 1.82) is 0 Å². The Morgan fingerprint density at radius 3 is 2.37 bits per heavy atom. The molecule has 0 spiro atoms. The smallest absolute Gasteiger partial charge is 0.227 e. The lowest BCUT2D eigenvalue weighted by molar-refractivity contribution is -0.131. The molecule has 0 saturated heterocycles. The van der Waals surface area contributed by atoms with E-state index in [-0.39, 0.29) is 5.91 Å². The molecule has 1 rings (SSSR count). The maximum Gasteiger partial charge on any atom is 0.227 e. The van der Waals surface area contributed by atoms with Gasteiger partial charge >= 0.3 is 0 Å². The van der Waals surface area contributed by atoms with Gasteiger partial charge in [0.2, 0.25) is 5.91 Å². The van der Waals surface area contributed by atoms with E-state index in [0.29, 0.717) is 13.1 Å². The molecular weight excluding hydrogens is 236 g/mol. The molecule has 0 saturated carbocycles. The lowest BCUT2D eigenvalue weighted by Gasteiger charge is -2.28. The van der Waals surface area contributed by atoms with E-state index in [9.17, 15) is 4.79 Å². The van der Waals surface area contributed by atoms with E-state index in [1.807, 2.05) is 13.8 Å². The van der Waals surface area contributed by atoms with Crippen LogP contribution in [0.5, 0.6) is 0 Å². The molecule has 0 radical (unpaired) electrons. The average Bonchev–Trinajstić information content (AvgIpc) is 2.40. The number of hydrogen-bond acceptors (Lipinski definition) is 2. The van der Waals surface area contributed by atoms with Crippen molar-refractivity contribution in [1.82, 2.24) is 5.32 Å². The van der Waals surface area contributed by atoms with Gasteiger partial charge in [0.1, 0.15) is 0 Å². The summed E-state index contributed by atoms with van der Waals surface area (Å²) in [6, 6.07) is 6.29. The Labute approximate surface area is 116 Å². The van der Waals surface area contributed by atoms with Gasteiger partial charge in [-0.1, -0.05) is 37.6 Å². The molecule has 0 aliphatic carbocycles. The van der Waals surface area contributed by atoms with E-state index in [0.717, 1.165) is 18.4 Å². The SMILES string of the molecule is CCC(CC)(CN)C(=O)NCc1ccc(C)cc1C. The van der Waals surface area contributed by atoms with Gasteiger partial charge in [0.15, 0.2) is 0 Å². The first kappa shape index (κ1) is 15.7. The molecule has 19 heavy (non-hydrogen) atoms. The Balaban J connectivity index is 2.73. The first-order chi connectivity index (χ1) is 8.99. The highest BCUT2D eigenvalue weighted by Crippen LogP contribution is 2.25. The Hall–Kier alpha value is -1.35. The largest absolute Gasteiger partial charge is 0.351 e. The quantitative estimate of drug-likeness (QED) is 0.828. The highest BCUT2D eigenvalue weighted by atomic mass is 16.2. The summed E-state index contributed by atoms with van der Waals surface area (Å²) in [7, 11) is 0. The lowest BCUT2D eigenvalue weighted by atomic mass is 9.81. The number of rotatable bonds is 6. The molecule has 106 valence electrons. The van der Waals surface area contributed by atoms with E-state index in [2.05, 4.69) is 37.4 Å². The predicted molar refractivity (Wildman–Crippen MR) is 79.8 cm³/mol. The van der Waals surface area contributed by atoms with Crippen molar-refractivity contribution in [3.63, 3.8) is 0 Å². The minimum Gasteiger partial charge on any atom is -0.351 e. The summed E-state index contributed by atoms with van der Waals surface area (Å²) in [6.07, 6.45) is 1.55. The van der Waals surface area contributed by atoms with Crippen LogP contribution in [0, 0.1) is 19.3 Å². The zero-order valence-corrected chi connectivity index (χ0v) is 12.5. The minimum atomic E-state index is -0.418. The molecule has 1 amide bonds. The van der Waals surface area contributed by atoms with Crippen molar-refractivity contribution in [3.05, 3.63) is 34.9 Å². The fourth-order valence-electron chi connectivity index (χ4n) is 2.36. The first-order valence-corrected chi connectivity index (χ1v) is 7.03. The van der Waals surface area contributed by atoms with Crippen molar-refractivity contribution >= 4 is 5.91 Å². The maximum absolute atomic E-state index is 12.3. The van der Waals surface area contributed by atoms with E-state index in [1.165, 1.54) is 11.1 Å². The van der Waals surface area contributed by atoms with Gasteiger partial charge in [-0.3, -0.25) is 4.79 Å². The molecule has 0 atom stereocenters. The zero-order valence-electron chi connectivity index (χ0n) is 12.5. The third-order valence-electron chi connectivity index (χ3n) is 4.16. The van der Waals surface area contributed by atoms with Crippen LogP contribution in [0.4, 0.5) is 0 Å². The predicted octanol–water partition coefficient (Wildman–Crippen LogP) is 2.68. The van der Waals surface area contributed by atoms with E-state index in [4.69, 9.17) is 5.73 Å². The van der Waals surface area contributed by atoms with Crippen LogP contribution >= 0.6 is 0 Å². The summed E-state index contributed by atoms with van der Waals surface area (Å²) < 4.78 is 0. The van der Waals surface area contributed by atoms with E-state index < -0.39 is 5.41 Å². The van der Waals surface area contributed by atoms with Crippen LogP contribution in [0.2, 0.25) is 0 Å². The van der Waals surface area contributed by atoms with Gasteiger partial charge in [0.25, 0.3) is 0 Å². The lowest BCUT2D eigenvalue weighted by Crippen LogP contribution is -2.45. The summed E-state index contributed by atoms with van der Waals surface area (Å²) in [6.45, 7) is 9.17. The average molecular weight is 262 g/mol. The fraction of sp³-hybridized carbons (Fsp3) is 0.562. The van der Waals surface area contributed by atoms with Crippen molar-refractivity contribution < 1.29 is 4.79 Å². The molecule has 0 aliphatic heterocycles. The zero-order chi connectivity index (χ0) is 14.5. The summed E-state index contributed by atoms with van der Waals surface area (Å²) in [5.74, 6) is 0.0694. The topological polar surface area (TPSA) is 55.1 Å². The number of benzene rings is 1. The number of nitrogens with one attached hydrogen (secondary N) is 1. The molecular formula is C16H26N2O. The summed E-state index contributed by atoms with van der Waals surface area (Å²) in [5.41, 5.74) is 8.99. The van der Waals surface area contributed by atoms with Gasteiger partial charge in [0, 0.05) is 13.1 Å². The Bertz CT molecular complexity index is 428. The fourth-order valence-corrected chi connectivity index (χ4v) is 2.36. The second kappa shape index (κ2) is 6.71. The van der Waals surface area contributed by atoms with E-state index in [1.54, 1.807) is 0 Å². The standard InChI is InChI=1S/C16H26N2O/c1-5-16(6-2,11-17)15(19)18-10-14-8-7-12(3)9-13(14)4/h7-9H,5-6,10-11,17H2,1-4H3,(H,18,19). The Kier molecular flexibility index (Phi) is 5.55. The number of carbonyl (C=O) groups excluding carboxylic acids is 1. The number of aryl methyl sites for hydroxylation is 2. The van der Waals surface area contributed by atoms with Gasteiger partial charge in [-0.2, -0.15) is 0 Å². The molecule has 0 fully saturated rings. The second-order valence-electron chi connectivity index (χ2n) is 5.30. The molecule has 0 unspecified atom stereocenters. The first-order valence-electron chi connectivity index (χ1n) is 7.03. The van der Waals surface area contributed by atoms with Gasteiger partial charge in [0.05, 0.1) is 5.41 Å². The van der Waals surface area contributed by atoms with Gasteiger partial charge in [-0.25, -0.2) is 0 Å². The van der Waals surface area contributed by atoms with Crippen molar-refractivity contribution in [3.8, 4) is 0 Å². The summed E-state index contributed by atoms with van der Waals surface area (Å²) >= 11 is 0. The molecule has 0 bridgehead atoms. The van der Waals surface area contributed by atoms with Crippen LogP contribution in [-0.2, 0) is 11.3 Å². The second-order valence-corrected chi connectivity index (χ2v) is 5.30. The van der Waals surface area contributed by atoms with E-state index >= 15 is 0 Å². The van der Waals surface area contributed by atoms with Crippen LogP contribution in [-0.4, -0.2) is 12.5 Å².